The van der Waals surface area contributed by atoms with Gasteiger partial charge in [0, 0.05) is 17.9 Å². The summed E-state index contributed by atoms with van der Waals surface area (Å²) in [6.45, 7) is 2.49. The number of halogens is 2. The maximum absolute atomic E-state index is 10.1. The van der Waals surface area contributed by atoms with Gasteiger partial charge in [-0.3, -0.25) is 0 Å². The first-order valence-electron chi connectivity index (χ1n) is 9.14. The Balaban J connectivity index is 1.80. The molecule has 146 valence electrons. The maximum atomic E-state index is 10.1. The molecule has 1 fully saturated rings. The van der Waals surface area contributed by atoms with Crippen LogP contribution < -0.4 is 4.74 Å². The van der Waals surface area contributed by atoms with Gasteiger partial charge in [-0.05, 0) is 64.2 Å². The van der Waals surface area contributed by atoms with E-state index < -0.39 is 6.10 Å². The second-order valence-corrected chi connectivity index (χ2v) is 8.04. The van der Waals surface area contributed by atoms with Gasteiger partial charge in [-0.15, -0.1) is 0 Å². The van der Waals surface area contributed by atoms with Crippen LogP contribution in [0.2, 0.25) is 5.02 Å². The second-order valence-electron chi connectivity index (χ2n) is 6.78. The Bertz CT molecular complexity index is 783. The van der Waals surface area contributed by atoms with Crippen LogP contribution in [0.25, 0.3) is 0 Å². The SMILES string of the molecule is CCOc1ccc(Cc2cc(C3CC(O)CC(CO)O3)ccc2Cl)cc1Br. The van der Waals surface area contributed by atoms with Gasteiger partial charge in [0.25, 0.3) is 0 Å². The summed E-state index contributed by atoms with van der Waals surface area (Å²) in [5.74, 6) is 0.820. The zero-order valence-corrected chi connectivity index (χ0v) is 17.5. The Labute approximate surface area is 173 Å². The third-order valence-corrected chi connectivity index (χ3v) is 5.70. The Kier molecular flexibility index (Phi) is 7.17. The number of hydrogen-bond acceptors (Lipinski definition) is 4. The minimum atomic E-state index is -0.470. The summed E-state index contributed by atoms with van der Waals surface area (Å²) < 4.78 is 12.4. The van der Waals surface area contributed by atoms with Crippen LogP contribution >= 0.6 is 27.5 Å². The fourth-order valence-corrected chi connectivity index (χ4v) is 4.12. The van der Waals surface area contributed by atoms with Gasteiger partial charge in [0.2, 0.25) is 0 Å². The summed E-state index contributed by atoms with van der Waals surface area (Å²) in [5.41, 5.74) is 3.08. The monoisotopic (exact) mass is 454 g/mol. The number of ether oxygens (including phenoxy) is 2. The van der Waals surface area contributed by atoms with Crippen LogP contribution in [0.5, 0.6) is 5.75 Å². The van der Waals surface area contributed by atoms with E-state index in [4.69, 9.17) is 21.1 Å². The third-order valence-electron chi connectivity index (χ3n) is 4.71. The van der Waals surface area contributed by atoms with E-state index in [0.29, 0.717) is 30.9 Å². The number of aliphatic hydroxyl groups excluding tert-OH is 2. The van der Waals surface area contributed by atoms with E-state index in [-0.39, 0.29) is 18.8 Å². The fourth-order valence-electron chi connectivity index (χ4n) is 3.40. The topological polar surface area (TPSA) is 58.9 Å². The summed E-state index contributed by atoms with van der Waals surface area (Å²) >= 11 is 9.97. The predicted molar refractivity (Wildman–Crippen MR) is 110 cm³/mol. The van der Waals surface area contributed by atoms with E-state index in [1.807, 2.05) is 43.3 Å². The quantitative estimate of drug-likeness (QED) is 0.665. The molecule has 2 aromatic rings. The highest BCUT2D eigenvalue weighted by molar-refractivity contribution is 9.10. The first-order valence-corrected chi connectivity index (χ1v) is 10.3. The summed E-state index contributed by atoms with van der Waals surface area (Å²) in [7, 11) is 0. The molecule has 3 atom stereocenters. The third kappa shape index (κ3) is 5.24. The number of benzene rings is 2. The van der Waals surface area contributed by atoms with Crippen molar-refractivity contribution in [1.82, 2.24) is 0 Å². The van der Waals surface area contributed by atoms with Crippen LogP contribution in [0.4, 0.5) is 0 Å². The lowest BCUT2D eigenvalue weighted by molar-refractivity contribution is -0.113. The largest absolute Gasteiger partial charge is 0.493 e. The fraction of sp³-hybridized carbons (Fsp3) is 0.429. The van der Waals surface area contributed by atoms with Crippen LogP contribution in [0, 0.1) is 0 Å². The van der Waals surface area contributed by atoms with Crippen molar-refractivity contribution in [2.24, 2.45) is 0 Å². The zero-order valence-electron chi connectivity index (χ0n) is 15.2. The van der Waals surface area contributed by atoms with Gasteiger partial charge >= 0.3 is 0 Å². The molecule has 2 aromatic carbocycles. The molecule has 0 amide bonds. The van der Waals surface area contributed by atoms with Crippen molar-refractivity contribution in [3.63, 3.8) is 0 Å². The molecule has 3 unspecified atom stereocenters. The molecule has 1 aliphatic heterocycles. The molecular weight excluding hydrogens is 432 g/mol. The molecule has 6 heteroatoms. The molecular formula is C21H24BrClO4. The highest BCUT2D eigenvalue weighted by Crippen LogP contribution is 2.34. The Morgan fingerprint density at radius 1 is 1.22 bits per heavy atom. The van der Waals surface area contributed by atoms with Gasteiger partial charge < -0.3 is 19.7 Å². The molecule has 0 radical (unpaired) electrons. The van der Waals surface area contributed by atoms with Gasteiger partial charge in [-0.25, -0.2) is 0 Å². The highest BCUT2D eigenvalue weighted by Gasteiger charge is 2.29. The molecule has 0 saturated carbocycles. The lowest BCUT2D eigenvalue weighted by atomic mass is 9.94. The molecule has 1 heterocycles. The average Bonchev–Trinajstić information content (AvgIpc) is 2.65. The average molecular weight is 456 g/mol. The molecule has 0 bridgehead atoms. The minimum Gasteiger partial charge on any atom is -0.493 e. The first-order chi connectivity index (χ1) is 13.0. The van der Waals surface area contributed by atoms with E-state index >= 15 is 0 Å². The minimum absolute atomic E-state index is 0.0891. The normalized spacial score (nSPS) is 22.6. The van der Waals surface area contributed by atoms with Crippen LogP contribution in [0.1, 0.15) is 42.6 Å². The van der Waals surface area contributed by atoms with Crippen LogP contribution in [0.3, 0.4) is 0 Å². The number of aliphatic hydroxyl groups is 2. The van der Waals surface area contributed by atoms with Gasteiger partial charge in [0.15, 0.2) is 0 Å². The smallest absolute Gasteiger partial charge is 0.133 e. The Morgan fingerprint density at radius 3 is 2.74 bits per heavy atom. The van der Waals surface area contributed by atoms with E-state index in [2.05, 4.69) is 15.9 Å². The summed E-state index contributed by atoms with van der Waals surface area (Å²) in [6.07, 6.45) is 0.618. The van der Waals surface area contributed by atoms with Crippen molar-refractivity contribution in [3.8, 4) is 5.75 Å². The summed E-state index contributed by atoms with van der Waals surface area (Å²) in [4.78, 5) is 0. The molecule has 0 aromatic heterocycles. The van der Waals surface area contributed by atoms with Crippen LogP contribution in [-0.2, 0) is 11.2 Å². The molecule has 4 nitrogen and oxygen atoms in total. The van der Waals surface area contributed by atoms with Crippen molar-refractivity contribution < 1.29 is 19.7 Å². The lowest BCUT2D eigenvalue weighted by Gasteiger charge is -2.32. The van der Waals surface area contributed by atoms with Crippen molar-refractivity contribution in [2.75, 3.05) is 13.2 Å². The second kappa shape index (κ2) is 9.39. The maximum Gasteiger partial charge on any atom is 0.133 e. The highest BCUT2D eigenvalue weighted by atomic mass is 79.9. The molecule has 27 heavy (non-hydrogen) atoms. The van der Waals surface area contributed by atoms with E-state index in [1.54, 1.807) is 0 Å². The van der Waals surface area contributed by atoms with Crippen molar-refractivity contribution in [3.05, 3.63) is 62.6 Å². The van der Waals surface area contributed by atoms with E-state index in [1.165, 1.54) is 0 Å². The molecule has 0 aliphatic carbocycles. The van der Waals surface area contributed by atoms with Gasteiger partial charge in [0.1, 0.15) is 5.75 Å². The standard InChI is InChI=1S/C21H24BrClO4/c1-2-26-20-6-3-13(8-18(20)22)7-15-9-14(4-5-19(15)23)21-11-16(25)10-17(12-24)27-21/h3-6,8-9,16-17,21,24-25H,2,7,10-12H2,1H3. The van der Waals surface area contributed by atoms with Gasteiger partial charge in [-0.1, -0.05) is 29.8 Å². The first kappa shape index (κ1) is 20.6. The van der Waals surface area contributed by atoms with Crippen molar-refractivity contribution in [2.45, 2.75) is 44.5 Å². The Hall–Kier alpha value is -1.11. The Morgan fingerprint density at radius 2 is 2.04 bits per heavy atom. The van der Waals surface area contributed by atoms with E-state index in [9.17, 15) is 10.2 Å². The predicted octanol–water partition coefficient (Wildman–Crippen LogP) is 4.67. The lowest BCUT2D eigenvalue weighted by Crippen LogP contribution is -2.33. The van der Waals surface area contributed by atoms with Gasteiger partial charge in [-0.2, -0.15) is 0 Å². The van der Waals surface area contributed by atoms with E-state index in [0.717, 1.165) is 26.9 Å². The molecule has 1 saturated heterocycles. The molecule has 2 N–H and O–H groups in total. The summed E-state index contributed by atoms with van der Waals surface area (Å²) in [5, 5.41) is 20.1. The van der Waals surface area contributed by atoms with Gasteiger partial charge in [0.05, 0.1) is 36.0 Å². The molecule has 3 rings (SSSR count). The summed E-state index contributed by atoms with van der Waals surface area (Å²) in [6, 6.07) is 11.8. The zero-order chi connectivity index (χ0) is 19.4. The van der Waals surface area contributed by atoms with Crippen molar-refractivity contribution >= 4 is 27.5 Å². The number of hydrogen-bond donors (Lipinski definition) is 2. The van der Waals surface area contributed by atoms with Crippen LogP contribution in [-0.4, -0.2) is 35.6 Å². The number of rotatable bonds is 6. The van der Waals surface area contributed by atoms with Crippen LogP contribution in [0.15, 0.2) is 40.9 Å². The molecule has 1 aliphatic rings. The molecule has 0 spiro atoms. The van der Waals surface area contributed by atoms with Crippen molar-refractivity contribution in [1.29, 1.82) is 0 Å².